The van der Waals surface area contributed by atoms with Crippen LogP contribution in [0.4, 0.5) is 0 Å². The predicted octanol–water partition coefficient (Wildman–Crippen LogP) is 7.43. The van der Waals surface area contributed by atoms with Gasteiger partial charge in [0.15, 0.2) is 0 Å². The van der Waals surface area contributed by atoms with E-state index >= 15 is 0 Å². The van der Waals surface area contributed by atoms with Gasteiger partial charge in [-0.3, -0.25) is 15.0 Å². The second-order valence-electron chi connectivity index (χ2n) is 10.9. The molecule has 0 saturated carbocycles. The lowest BCUT2D eigenvalue weighted by Gasteiger charge is -2.26. The molecule has 1 atom stereocenters. The van der Waals surface area contributed by atoms with Gasteiger partial charge in [0.1, 0.15) is 0 Å². The Morgan fingerprint density at radius 2 is 2.00 bits per heavy atom. The van der Waals surface area contributed by atoms with E-state index in [1.807, 2.05) is 48.6 Å². The van der Waals surface area contributed by atoms with E-state index < -0.39 is 0 Å². The fraction of sp³-hybridized carbons (Fsp3) is 0.206. The molecule has 4 rings (SSSR count). The molecule has 40 heavy (non-hydrogen) atoms. The zero-order valence-corrected chi connectivity index (χ0v) is 24.7. The summed E-state index contributed by atoms with van der Waals surface area (Å²) in [6.07, 6.45) is 23.0. The average Bonchev–Trinajstić information content (AvgIpc) is 3.09. The number of hydrogen-bond acceptors (Lipinski definition) is 3. The molecule has 1 unspecified atom stereocenters. The van der Waals surface area contributed by atoms with E-state index in [-0.39, 0.29) is 17.2 Å². The smallest absolute Gasteiger partial charge is 0.255 e. The third kappa shape index (κ3) is 7.76. The van der Waals surface area contributed by atoms with Gasteiger partial charge in [-0.2, -0.15) is 0 Å². The molecule has 1 aromatic heterocycles. The number of aliphatic imine (C=N–C) groups is 1. The van der Waals surface area contributed by atoms with Crippen molar-refractivity contribution in [2.45, 2.75) is 33.6 Å². The summed E-state index contributed by atoms with van der Waals surface area (Å²) in [6, 6.07) is 11.6. The summed E-state index contributed by atoms with van der Waals surface area (Å²) in [7, 11) is 0. The summed E-state index contributed by atoms with van der Waals surface area (Å²) in [5.41, 5.74) is 7.00. The van der Waals surface area contributed by atoms with Gasteiger partial charge in [-0.25, -0.2) is 0 Å². The Bertz CT molecular complexity index is 1500. The number of amides is 1. The topological polar surface area (TPSA) is 65.6 Å². The fourth-order valence-corrected chi connectivity index (χ4v) is 5.12. The molecule has 0 radical (unpaired) electrons. The molecule has 0 aliphatic heterocycles. The van der Waals surface area contributed by atoms with Crippen LogP contribution in [0, 0.1) is 11.3 Å². The van der Waals surface area contributed by atoms with Crippen LogP contribution in [-0.4, -0.2) is 17.8 Å². The van der Waals surface area contributed by atoms with Gasteiger partial charge >= 0.3 is 0 Å². The van der Waals surface area contributed by atoms with Crippen LogP contribution in [0.2, 0.25) is 0 Å². The number of nitrogens with zero attached hydrogens (tertiary/aromatic N) is 2. The molecule has 2 N–H and O–H groups in total. The Morgan fingerprint density at radius 3 is 2.73 bits per heavy atom. The van der Waals surface area contributed by atoms with Crippen molar-refractivity contribution in [2.75, 3.05) is 0 Å². The van der Waals surface area contributed by atoms with Crippen molar-refractivity contribution in [1.29, 1.82) is 0 Å². The van der Waals surface area contributed by atoms with Crippen molar-refractivity contribution >= 4 is 34.1 Å². The lowest BCUT2D eigenvalue weighted by Crippen LogP contribution is -2.28. The molecule has 1 aromatic carbocycles. The third-order valence-electron chi connectivity index (χ3n) is 6.77. The van der Waals surface area contributed by atoms with E-state index in [1.54, 1.807) is 18.6 Å². The van der Waals surface area contributed by atoms with Crippen molar-refractivity contribution in [3.63, 3.8) is 0 Å². The maximum Gasteiger partial charge on any atom is 0.255 e. The summed E-state index contributed by atoms with van der Waals surface area (Å²) in [5, 5.41) is 12.5. The molecule has 204 valence electrons. The highest BCUT2D eigenvalue weighted by Crippen LogP contribution is 2.37. The zero-order valence-electron chi connectivity index (χ0n) is 23.1. The molecule has 6 heteroatoms. The molecule has 0 fully saturated rings. The van der Waals surface area contributed by atoms with Crippen molar-refractivity contribution in [1.82, 2.24) is 5.32 Å². The SMILES string of the molecule is C=N/C=C\C=C1\C=C(C(C)(C)C)C=C(c2cccc(C(=O)NC3=CC=CC(Cc4cc[n+](O)cc4)C=C3Br)c2)C1. The molecule has 2 aromatic rings. The first kappa shape index (κ1) is 29.0. The minimum atomic E-state index is -0.167. The molecule has 1 heterocycles. The van der Waals surface area contributed by atoms with Gasteiger partial charge in [-0.1, -0.05) is 69.4 Å². The van der Waals surface area contributed by atoms with Crippen LogP contribution >= 0.6 is 15.9 Å². The van der Waals surface area contributed by atoms with Crippen LogP contribution in [0.1, 0.15) is 48.7 Å². The second-order valence-corrected chi connectivity index (χ2v) is 11.8. The fourth-order valence-electron chi connectivity index (χ4n) is 4.55. The highest BCUT2D eigenvalue weighted by molar-refractivity contribution is 9.12. The Kier molecular flexibility index (Phi) is 9.33. The van der Waals surface area contributed by atoms with Gasteiger partial charge in [0.2, 0.25) is 12.4 Å². The highest BCUT2D eigenvalue weighted by Gasteiger charge is 2.21. The van der Waals surface area contributed by atoms with Gasteiger partial charge in [0.05, 0.1) is 5.70 Å². The third-order valence-corrected chi connectivity index (χ3v) is 7.46. The number of carbonyl (C=O) groups is 1. The van der Waals surface area contributed by atoms with Crippen LogP contribution in [0.3, 0.4) is 0 Å². The van der Waals surface area contributed by atoms with Gasteiger partial charge < -0.3 is 5.32 Å². The largest absolute Gasteiger partial charge is 0.321 e. The van der Waals surface area contributed by atoms with Crippen LogP contribution < -0.4 is 10.0 Å². The number of halogens is 1. The quantitative estimate of drug-likeness (QED) is 0.198. The molecular formula is C34H35BrN3O2+. The van der Waals surface area contributed by atoms with E-state index in [2.05, 4.69) is 90.2 Å². The maximum absolute atomic E-state index is 13.4. The molecule has 0 bridgehead atoms. The number of allylic oxidation sites excluding steroid dienone is 12. The van der Waals surface area contributed by atoms with Crippen molar-refractivity contribution in [2.24, 2.45) is 16.3 Å². The zero-order chi connectivity index (χ0) is 28.7. The first-order chi connectivity index (χ1) is 19.1. The second kappa shape index (κ2) is 12.9. The van der Waals surface area contributed by atoms with Crippen LogP contribution in [0.25, 0.3) is 5.57 Å². The molecule has 2 aliphatic carbocycles. The van der Waals surface area contributed by atoms with Gasteiger partial charge in [0, 0.05) is 39.0 Å². The number of benzene rings is 1. The van der Waals surface area contributed by atoms with Crippen molar-refractivity contribution in [3.05, 3.63) is 142 Å². The number of carbonyl (C=O) groups excluding carboxylic acids is 1. The first-order valence-electron chi connectivity index (χ1n) is 13.2. The Labute approximate surface area is 245 Å². The summed E-state index contributed by atoms with van der Waals surface area (Å²) < 4.78 is 1.86. The van der Waals surface area contributed by atoms with E-state index in [0.29, 0.717) is 11.3 Å². The van der Waals surface area contributed by atoms with Crippen LogP contribution in [0.5, 0.6) is 0 Å². The van der Waals surface area contributed by atoms with Gasteiger partial charge in [-0.15, -0.1) is 0 Å². The van der Waals surface area contributed by atoms with Crippen LogP contribution in [-0.2, 0) is 6.42 Å². The van der Waals surface area contributed by atoms with Crippen molar-refractivity contribution in [3.8, 4) is 0 Å². The van der Waals surface area contributed by atoms with E-state index in [1.165, 1.54) is 16.7 Å². The van der Waals surface area contributed by atoms with E-state index in [9.17, 15) is 10.0 Å². The van der Waals surface area contributed by atoms with E-state index in [0.717, 1.165) is 33.2 Å². The first-order valence-corrected chi connectivity index (χ1v) is 14.0. The molecule has 0 spiro atoms. The minimum absolute atomic E-state index is 0.0165. The predicted molar refractivity (Wildman–Crippen MR) is 166 cm³/mol. The monoisotopic (exact) mass is 596 g/mol. The number of rotatable bonds is 7. The lowest BCUT2D eigenvalue weighted by molar-refractivity contribution is -0.904. The van der Waals surface area contributed by atoms with Crippen molar-refractivity contribution < 1.29 is 14.7 Å². The van der Waals surface area contributed by atoms with E-state index in [4.69, 9.17) is 0 Å². The summed E-state index contributed by atoms with van der Waals surface area (Å²) in [5.74, 6) is -0.0276. The number of hydrogen-bond donors (Lipinski definition) is 2. The standard InChI is InChI=1S/C34H34BrN3O2/c1-34(2,3)30-20-26(9-7-15-36-4)19-29(23-30)27-10-6-11-28(22-27)33(39)37-32-12-5-8-25(21-31(32)35)18-24-13-16-38(40)17-14-24/h5-17,20-23,25H,4,18-19H2,1-3H3,(H-,37,39,40)/p+1/b15-7-,26-9+. The number of aromatic nitrogens is 1. The Balaban J connectivity index is 1.51. The minimum Gasteiger partial charge on any atom is -0.321 e. The van der Waals surface area contributed by atoms with Gasteiger partial charge in [0.25, 0.3) is 5.91 Å². The molecule has 5 nitrogen and oxygen atoms in total. The highest BCUT2D eigenvalue weighted by atomic mass is 79.9. The molecule has 0 saturated heterocycles. The normalized spacial score (nSPS) is 18.5. The molecular weight excluding hydrogens is 562 g/mol. The molecule has 1 amide bonds. The summed E-state index contributed by atoms with van der Waals surface area (Å²) in [4.78, 5) is 17.2. The number of pyridine rings is 1. The Hall–Kier alpha value is -4.03. The summed E-state index contributed by atoms with van der Waals surface area (Å²) >= 11 is 3.66. The molecule has 2 aliphatic rings. The average molecular weight is 598 g/mol. The van der Waals surface area contributed by atoms with Gasteiger partial charge in [-0.05, 0) is 93.0 Å². The Morgan fingerprint density at radius 1 is 1.23 bits per heavy atom. The maximum atomic E-state index is 13.4. The number of nitrogens with one attached hydrogen (secondary N) is 1. The lowest BCUT2D eigenvalue weighted by atomic mass is 9.79. The van der Waals surface area contributed by atoms with Crippen LogP contribution in [0.15, 0.2) is 130 Å². The summed E-state index contributed by atoms with van der Waals surface area (Å²) in [6.45, 7) is 10.1.